The van der Waals surface area contributed by atoms with Crippen LogP contribution in [0.4, 0.5) is 0 Å². The van der Waals surface area contributed by atoms with E-state index in [0.29, 0.717) is 29.0 Å². The summed E-state index contributed by atoms with van der Waals surface area (Å²) in [5.74, 6) is 0.925. The van der Waals surface area contributed by atoms with E-state index in [0.717, 1.165) is 5.56 Å². The Morgan fingerprint density at radius 2 is 1.61 bits per heavy atom. The Labute approximate surface area is 195 Å². The summed E-state index contributed by atoms with van der Waals surface area (Å²) in [5.41, 5.74) is 1.78. The summed E-state index contributed by atoms with van der Waals surface area (Å²) in [5, 5.41) is 10.9. The Hall–Kier alpha value is -4.23. The second kappa shape index (κ2) is 9.50. The highest BCUT2D eigenvalue weighted by atomic mass is 32.1. The van der Waals surface area contributed by atoms with E-state index < -0.39 is 5.56 Å². The summed E-state index contributed by atoms with van der Waals surface area (Å²) in [4.78, 5) is 26.8. The molecule has 0 aliphatic heterocycles. The molecule has 33 heavy (non-hydrogen) atoms. The molecule has 4 aromatic rings. The minimum atomic E-state index is -0.593. The number of aromatic nitrogens is 2. The maximum Gasteiger partial charge on any atom is 0.262 e. The quantitative estimate of drug-likeness (QED) is 0.229. The Morgan fingerprint density at radius 1 is 0.970 bits per heavy atom. The molecular weight excluding hydrogens is 436 g/mol. The zero-order valence-corrected chi connectivity index (χ0v) is 18.5. The molecule has 0 fully saturated rings. The number of carbonyl (C=O) groups excluding carboxylic acids is 1. The molecule has 0 atom stereocenters. The maximum absolute atomic E-state index is 12.6. The van der Waals surface area contributed by atoms with Gasteiger partial charge in [-0.3, -0.25) is 19.1 Å². The first kappa shape index (κ1) is 22.0. The summed E-state index contributed by atoms with van der Waals surface area (Å²) < 4.78 is 7.14. The predicted octanol–water partition coefficient (Wildman–Crippen LogP) is 5.44. The van der Waals surface area contributed by atoms with Crippen molar-refractivity contribution in [3.05, 3.63) is 111 Å². The Kier molecular flexibility index (Phi) is 6.33. The molecule has 0 radical (unpaired) electrons. The molecule has 6 nitrogen and oxygen atoms in total. The van der Waals surface area contributed by atoms with E-state index in [1.165, 1.54) is 10.6 Å². The number of nitrogens with zero attached hydrogens (tertiary/aromatic N) is 1. The van der Waals surface area contributed by atoms with Gasteiger partial charge in [0.1, 0.15) is 17.1 Å². The van der Waals surface area contributed by atoms with Crippen LogP contribution >= 0.6 is 12.2 Å². The number of hydrogen-bond acceptors (Lipinski definition) is 5. The third kappa shape index (κ3) is 4.83. The van der Waals surface area contributed by atoms with Crippen molar-refractivity contribution in [2.24, 2.45) is 0 Å². The van der Waals surface area contributed by atoms with Crippen LogP contribution in [0.1, 0.15) is 16.7 Å². The highest BCUT2D eigenvalue weighted by molar-refractivity contribution is 7.71. The molecule has 0 aliphatic carbocycles. The number of aryl methyl sites for hydroxylation is 1. The molecule has 1 aromatic heterocycles. The van der Waals surface area contributed by atoms with E-state index in [-0.39, 0.29) is 21.8 Å². The number of hydrogen-bond donors (Lipinski definition) is 2. The number of rotatable bonds is 6. The molecule has 0 amide bonds. The number of nitrogens with one attached hydrogen (secondary N) is 1. The lowest BCUT2D eigenvalue weighted by molar-refractivity contribution is -0.103. The number of ether oxygens (including phenoxy) is 1. The van der Waals surface area contributed by atoms with Gasteiger partial charge in [-0.25, -0.2) is 0 Å². The van der Waals surface area contributed by atoms with E-state index in [4.69, 9.17) is 17.0 Å². The van der Waals surface area contributed by atoms with Crippen LogP contribution in [0.2, 0.25) is 0 Å². The van der Waals surface area contributed by atoms with Gasteiger partial charge in [-0.15, -0.1) is 0 Å². The lowest BCUT2D eigenvalue weighted by Gasteiger charge is -2.13. The van der Waals surface area contributed by atoms with Gasteiger partial charge in [-0.2, -0.15) is 0 Å². The van der Waals surface area contributed by atoms with Crippen LogP contribution in [0.15, 0.2) is 83.7 Å². The van der Waals surface area contributed by atoms with Gasteiger partial charge in [0.15, 0.2) is 11.1 Å². The molecule has 7 heteroatoms. The number of aromatic amines is 1. The van der Waals surface area contributed by atoms with Crippen molar-refractivity contribution in [3.8, 4) is 23.1 Å². The third-order valence-electron chi connectivity index (χ3n) is 5.01. The fraction of sp³-hybridized carbons (Fsp3) is 0.0385. The fourth-order valence-electron chi connectivity index (χ4n) is 3.28. The first-order chi connectivity index (χ1) is 16.0. The van der Waals surface area contributed by atoms with Crippen molar-refractivity contribution in [1.29, 1.82) is 0 Å². The van der Waals surface area contributed by atoms with Gasteiger partial charge in [0.2, 0.25) is 5.88 Å². The average molecular weight is 457 g/mol. The zero-order valence-electron chi connectivity index (χ0n) is 17.7. The number of allylic oxidation sites excluding steroid dienone is 1. The van der Waals surface area contributed by atoms with E-state index >= 15 is 0 Å². The monoisotopic (exact) mass is 456 g/mol. The van der Waals surface area contributed by atoms with Crippen LogP contribution in [-0.2, 0) is 4.79 Å². The number of para-hydroxylation sites is 1. The number of aromatic hydroxyl groups is 1. The summed E-state index contributed by atoms with van der Waals surface area (Å²) in [6.45, 7) is 1.94. The highest BCUT2D eigenvalue weighted by Crippen LogP contribution is 2.26. The van der Waals surface area contributed by atoms with Gasteiger partial charge in [0.05, 0.1) is 5.69 Å². The molecule has 3 aromatic carbocycles. The summed E-state index contributed by atoms with van der Waals surface area (Å²) in [7, 11) is 0. The van der Waals surface area contributed by atoms with E-state index in [9.17, 15) is 14.7 Å². The predicted molar refractivity (Wildman–Crippen MR) is 131 cm³/mol. The first-order valence-corrected chi connectivity index (χ1v) is 10.5. The minimum absolute atomic E-state index is 0.0226. The molecule has 0 aliphatic rings. The van der Waals surface area contributed by atoms with Crippen molar-refractivity contribution in [1.82, 2.24) is 9.55 Å². The molecule has 164 valence electrons. The van der Waals surface area contributed by atoms with Crippen molar-refractivity contribution in [3.63, 3.8) is 0 Å². The second-order valence-corrected chi connectivity index (χ2v) is 7.71. The van der Waals surface area contributed by atoms with Crippen molar-refractivity contribution < 1.29 is 14.6 Å². The first-order valence-electron chi connectivity index (χ1n) is 10.1. The van der Waals surface area contributed by atoms with Crippen molar-refractivity contribution in [2.75, 3.05) is 0 Å². The highest BCUT2D eigenvalue weighted by Gasteiger charge is 2.14. The Bertz CT molecular complexity index is 1440. The van der Waals surface area contributed by atoms with Gasteiger partial charge < -0.3 is 9.84 Å². The minimum Gasteiger partial charge on any atom is -0.494 e. The maximum atomic E-state index is 12.6. The van der Waals surface area contributed by atoms with E-state index in [1.807, 2.05) is 49.4 Å². The smallest absolute Gasteiger partial charge is 0.262 e. The van der Waals surface area contributed by atoms with E-state index in [1.54, 1.807) is 36.4 Å². The van der Waals surface area contributed by atoms with Gasteiger partial charge in [-0.05, 0) is 67.2 Å². The topological polar surface area (TPSA) is 84.3 Å². The molecular formula is C26H20N2O4S. The largest absolute Gasteiger partial charge is 0.494 e. The number of H-pyrrole nitrogens is 1. The molecule has 1 heterocycles. The normalized spacial score (nSPS) is 11.2. The second-order valence-electron chi connectivity index (χ2n) is 7.32. The molecule has 0 saturated heterocycles. The van der Waals surface area contributed by atoms with Crippen molar-refractivity contribution >= 4 is 30.2 Å². The number of aldehydes is 1. The van der Waals surface area contributed by atoms with Crippen LogP contribution in [-0.4, -0.2) is 20.9 Å². The average Bonchev–Trinajstić information content (AvgIpc) is 2.81. The summed E-state index contributed by atoms with van der Waals surface area (Å²) in [6.07, 6.45) is 2.00. The fourth-order valence-corrected chi connectivity index (χ4v) is 3.57. The van der Waals surface area contributed by atoms with Crippen LogP contribution in [0.25, 0.3) is 17.3 Å². The lowest BCUT2D eigenvalue weighted by atomic mass is 10.0. The summed E-state index contributed by atoms with van der Waals surface area (Å²) in [6, 6.07) is 23.5. The van der Waals surface area contributed by atoms with Crippen LogP contribution in [0.3, 0.4) is 0 Å². The van der Waals surface area contributed by atoms with Crippen LogP contribution in [0, 0.1) is 11.7 Å². The number of carbonyl (C=O) groups is 1. The molecule has 0 spiro atoms. The van der Waals surface area contributed by atoms with Gasteiger partial charge in [0, 0.05) is 5.57 Å². The Balaban J connectivity index is 1.74. The zero-order chi connectivity index (χ0) is 23.4. The van der Waals surface area contributed by atoms with Gasteiger partial charge in [0.25, 0.3) is 5.56 Å². The molecule has 0 unspecified atom stereocenters. The van der Waals surface area contributed by atoms with Gasteiger partial charge >= 0.3 is 0 Å². The molecule has 0 bridgehead atoms. The van der Waals surface area contributed by atoms with Gasteiger partial charge in [-0.1, -0.05) is 48.0 Å². The van der Waals surface area contributed by atoms with E-state index in [2.05, 4.69) is 4.98 Å². The molecule has 4 rings (SSSR count). The molecule has 2 N–H and O–H groups in total. The van der Waals surface area contributed by atoms with Crippen LogP contribution in [0.5, 0.6) is 17.4 Å². The Morgan fingerprint density at radius 3 is 2.24 bits per heavy atom. The summed E-state index contributed by atoms with van der Waals surface area (Å²) >= 11 is 5.28. The number of benzene rings is 3. The lowest BCUT2D eigenvalue weighted by Crippen LogP contribution is -2.16. The third-order valence-corrected chi connectivity index (χ3v) is 5.29. The standard InChI is InChI=1S/C26H20N2O4S/c1-17-7-9-18(10-8-17)19(16-29)15-23-24(30)27-26(33)28(25(23)31)20-11-13-22(14-12-20)32-21-5-3-2-4-6-21/h2-16,31H,1H3,(H,27,30,33). The molecule has 0 saturated carbocycles. The van der Waals surface area contributed by atoms with Crippen LogP contribution < -0.4 is 10.3 Å². The van der Waals surface area contributed by atoms with Crippen molar-refractivity contribution in [2.45, 2.75) is 6.92 Å². The SMILES string of the molecule is Cc1ccc(C(C=O)=Cc2c(O)n(-c3ccc(Oc4ccccc4)cc3)c(=S)[nH]c2=O)cc1.